The van der Waals surface area contributed by atoms with Crippen LogP contribution < -0.4 is 19.7 Å². The Morgan fingerprint density at radius 2 is 1.00 bits per heavy atom. The van der Waals surface area contributed by atoms with E-state index in [1.54, 1.807) is 0 Å². The fourth-order valence-corrected chi connectivity index (χ4v) is 7.86. The van der Waals surface area contributed by atoms with Gasteiger partial charge in [-0.25, -0.2) is 0 Å². The second-order valence-electron chi connectivity index (χ2n) is 8.25. The first-order valence-electron chi connectivity index (χ1n) is 10.7. The van der Waals surface area contributed by atoms with E-state index in [9.17, 15) is 4.89 Å². The van der Waals surface area contributed by atoms with E-state index >= 15 is 0 Å². The summed E-state index contributed by atoms with van der Waals surface area (Å²) in [7, 11) is -4.69. The van der Waals surface area contributed by atoms with Gasteiger partial charge in [0.15, 0.2) is 0 Å². The molecule has 4 rings (SSSR count). The average molecular weight is 445 g/mol. The van der Waals surface area contributed by atoms with Gasteiger partial charge in [-0.2, -0.15) is 0 Å². The van der Waals surface area contributed by atoms with Crippen molar-refractivity contribution >= 4 is 17.9 Å². The molecular weight excluding hydrogens is 415 g/mol. The van der Waals surface area contributed by atoms with E-state index in [0.29, 0.717) is 22.1 Å². The van der Waals surface area contributed by atoms with Crippen molar-refractivity contribution in [2.24, 2.45) is 0 Å². The Balaban J connectivity index is 2.08. The summed E-state index contributed by atoms with van der Waals surface area (Å²) < 4.78 is 13.5. The number of hydrogen-bond acceptors (Lipinski definition) is 3. The van der Waals surface area contributed by atoms with Gasteiger partial charge >= 0.3 is 190 Å². The van der Waals surface area contributed by atoms with Crippen molar-refractivity contribution in [1.82, 2.24) is 0 Å². The number of aryl methyl sites for hydroxylation is 4. The molecular formula is C28H29O3P. The maximum atomic E-state index is 13.1. The van der Waals surface area contributed by atoms with Crippen LogP contribution in [-0.4, -0.2) is 4.89 Å². The van der Waals surface area contributed by atoms with Gasteiger partial charge in [0.1, 0.15) is 0 Å². The molecule has 4 heteroatoms. The normalized spacial score (nSPS) is 12.6. The first-order chi connectivity index (χ1) is 15.3. The fraction of sp³-hybridized carbons (Fsp3) is 0.143. The molecule has 0 atom stereocenters. The standard InChI is InChI=1S/C28H29O3P/c1-21-17-19-25(20-18-21)30-32(29,27-15-9-6-12-23(27)3,28-16-10-7-13-24(28)4)31-26-14-8-5-11-22(26)2/h5-20,29H,1-4H3. The molecule has 4 aromatic carbocycles. The zero-order valence-electron chi connectivity index (χ0n) is 18.9. The van der Waals surface area contributed by atoms with Crippen molar-refractivity contribution < 1.29 is 13.9 Å². The Morgan fingerprint density at radius 3 is 1.50 bits per heavy atom. The van der Waals surface area contributed by atoms with Gasteiger partial charge < -0.3 is 0 Å². The van der Waals surface area contributed by atoms with E-state index in [-0.39, 0.29) is 0 Å². The number of para-hydroxylation sites is 1. The number of rotatable bonds is 6. The molecule has 0 bridgehead atoms. The molecule has 0 saturated heterocycles. The minimum absolute atomic E-state index is 0.552. The zero-order valence-corrected chi connectivity index (χ0v) is 19.8. The first-order valence-corrected chi connectivity index (χ1v) is 12.7. The van der Waals surface area contributed by atoms with Crippen LogP contribution in [0.1, 0.15) is 22.3 Å². The Bertz CT molecular complexity index is 1200. The van der Waals surface area contributed by atoms with Crippen LogP contribution in [0.25, 0.3) is 0 Å². The van der Waals surface area contributed by atoms with Gasteiger partial charge in [-0.05, 0) is 0 Å². The number of hydrogen-bond donors (Lipinski definition) is 1. The van der Waals surface area contributed by atoms with Crippen LogP contribution in [-0.2, 0) is 0 Å². The van der Waals surface area contributed by atoms with Gasteiger partial charge in [-0.1, -0.05) is 0 Å². The van der Waals surface area contributed by atoms with Gasteiger partial charge in [0.2, 0.25) is 0 Å². The van der Waals surface area contributed by atoms with Gasteiger partial charge in [0.25, 0.3) is 0 Å². The molecule has 1 N–H and O–H groups in total. The molecule has 0 radical (unpaired) electrons. The first kappa shape index (κ1) is 22.1. The minimum atomic E-state index is -4.69. The predicted molar refractivity (Wildman–Crippen MR) is 134 cm³/mol. The Kier molecular flexibility index (Phi) is 5.81. The average Bonchev–Trinajstić information content (AvgIpc) is 2.78. The van der Waals surface area contributed by atoms with Gasteiger partial charge in [0, 0.05) is 0 Å². The van der Waals surface area contributed by atoms with E-state index in [0.717, 1.165) is 22.3 Å². The second kappa shape index (κ2) is 8.43. The van der Waals surface area contributed by atoms with E-state index in [4.69, 9.17) is 9.05 Å². The van der Waals surface area contributed by atoms with Crippen LogP contribution >= 0.6 is 7.28 Å². The Hall–Kier alpha value is -3.13. The Labute approximate surface area is 190 Å². The van der Waals surface area contributed by atoms with Crippen LogP contribution in [0, 0.1) is 27.7 Å². The summed E-state index contributed by atoms with van der Waals surface area (Å²) in [5.74, 6) is 1.14. The third-order valence-corrected chi connectivity index (χ3v) is 9.53. The summed E-state index contributed by atoms with van der Waals surface area (Å²) >= 11 is 0. The van der Waals surface area contributed by atoms with Crippen LogP contribution in [0.4, 0.5) is 0 Å². The van der Waals surface area contributed by atoms with Crippen molar-refractivity contribution in [3.63, 3.8) is 0 Å². The summed E-state index contributed by atoms with van der Waals surface area (Å²) in [4.78, 5) is 13.1. The quantitative estimate of drug-likeness (QED) is 0.354. The summed E-state index contributed by atoms with van der Waals surface area (Å²) in [6.07, 6.45) is 0. The molecule has 3 nitrogen and oxygen atoms in total. The van der Waals surface area contributed by atoms with Crippen LogP contribution in [0.15, 0.2) is 97.1 Å². The maximum absolute atomic E-state index is 13.1. The monoisotopic (exact) mass is 444 g/mol. The van der Waals surface area contributed by atoms with Crippen molar-refractivity contribution in [2.75, 3.05) is 0 Å². The molecule has 0 fully saturated rings. The molecule has 0 aliphatic carbocycles. The van der Waals surface area contributed by atoms with Crippen molar-refractivity contribution in [3.05, 3.63) is 119 Å². The third kappa shape index (κ3) is 3.90. The summed E-state index contributed by atoms with van der Waals surface area (Å²) in [5, 5.41) is 1.30. The Morgan fingerprint density at radius 1 is 0.531 bits per heavy atom. The SMILES string of the molecule is Cc1ccc(OP(O)(Oc2ccccc2C)(c2ccccc2C)c2ccccc2C)cc1. The van der Waals surface area contributed by atoms with E-state index in [1.165, 1.54) is 0 Å². The molecule has 0 unspecified atom stereocenters. The molecule has 32 heavy (non-hydrogen) atoms. The van der Waals surface area contributed by atoms with Gasteiger partial charge in [-0.3, -0.25) is 0 Å². The van der Waals surface area contributed by atoms with E-state index in [2.05, 4.69) is 0 Å². The molecule has 0 aliphatic heterocycles. The molecule has 0 spiro atoms. The summed E-state index contributed by atoms with van der Waals surface area (Å²) in [6, 6.07) is 30.9. The van der Waals surface area contributed by atoms with E-state index in [1.807, 2.05) is 125 Å². The van der Waals surface area contributed by atoms with Gasteiger partial charge in [0.05, 0.1) is 0 Å². The molecule has 0 saturated carbocycles. The molecule has 0 heterocycles. The summed E-state index contributed by atoms with van der Waals surface area (Å²) in [5.41, 5.74) is 3.83. The van der Waals surface area contributed by atoms with Gasteiger partial charge in [-0.15, -0.1) is 0 Å². The fourth-order valence-electron chi connectivity index (χ4n) is 3.99. The zero-order chi connectivity index (χ0) is 22.8. The van der Waals surface area contributed by atoms with Crippen molar-refractivity contribution in [3.8, 4) is 11.5 Å². The summed E-state index contributed by atoms with van der Waals surface area (Å²) in [6.45, 7) is 7.95. The second-order valence-corrected chi connectivity index (χ2v) is 11.4. The predicted octanol–water partition coefficient (Wildman–Crippen LogP) is 6.32. The van der Waals surface area contributed by atoms with Crippen LogP contribution in [0.3, 0.4) is 0 Å². The molecule has 0 aliphatic rings. The topological polar surface area (TPSA) is 38.7 Å². The van der Waals surface area contributed by atoms with Crippen molar-refractivity contribution in [1.29, 1.82) is 0 Å². The molecule has 4 aromatic rings. The number of benzene rings is 4. The van der Waals surface area contributed by atoms with E-state index < -0.39 is 7.28 Å². The van der Waals surface area contributed by atoms with Crippen molar-refractivity contribution in [2.45, 2.75) is 27.7 Å². The molecule has 164 valence electrons. The van der Waals surface area contributed by atoms with Crippen LogP contribution in [0.2, 0.25) is 0 Å². The molecule has 0 aromatic heterocycles. The molecule has 0 amide bonds. The van der Waals surface area contributed by atoms with Crippen LogP contribution in [0.5, 0.6) is 11.5 Å². The third-order valence-electron chi connectivity index (χ3n) is 5.74.